The number of nitrogens with one attached hydrogen (secondary N) is 1. The van der Waals surface area contributed by atoms with Crippen molar-refractivity contribution in [1.29, 1.82) is 0 Å². The molecule has 0 radical (unpaired) electrons. The van der Waals surface area contributed by atoms with Crippen molar-refractivity contribution in [2.45, 2.75) is 24.1 Å². The van der Waals surface area contributed by atoms with Crippen LogP contribution >= 0.6 is 23.1 Å². The largest absolute Gasteiger partial charge is 0.314 e. The lowest BCUT2D eigenvalue weighted by Gasteiger charge is -2.02. The molecule has 0 aliphatic heterocycles. The standard InChI is InChI=1S/C13H16N2S2/c1-10-5-3-4-6-12(10)16-9-13-15-11(7-14-2)8-17-13/h3-6,8,14H,7,9H2,1-2H3. The Bertz CT molecular complexity index is 480. The van der Waals surface area contributed by atoms with Gasteiger partial charge in [0.15, 0.2) is 0 Å². The van der Waals surface area contributed by atoms with Crippen molar-refractivity contribution >= 4 is 23.1 Å². The summed E-state index contributed by atoms with van der Waals surface area (Å²) in [7, 11) is 1.95. The van der Waals surface area contributed by atoms with Crippen molar-refractivity contribution in [3.63, 3.8) is 0 Å². The van der Waals surface area contributed by atoms with Crippen LogP contribution in [0.2, 0.25) is 0 Å². The van der Waals surface area contributed by atoms with Gasteiger partial charge < -0.3 is 5.32 Å². The SMILES string of the molecule is CNCc1csc(CSc2ccccc2C)n1. The topological polar surface area (TPSA) is 24.9 Å². The molecule has 2 aromatic rings. The van der Waals surface area contributed by atoms with Gasteiger partial charge in [-0.25, -0.2) is 4.98 Å². The van der Waals surface area contributed by atoms with Crippen molar-refractivity contribution in [1.82, 2.24) is 10.3 Å². The van der Waals surface area contributed by atoms with Gasteiger partial charge in [0.2, 0.25) is 0 Å². The second-order valence-electron chi connectivity index (χ2n) is 3.82. The number of rotatable bonds is 5. The van der Waals surface area contributed by atoms with Crippen LogP contribution in [-0.4, -0.2) is 12.0 Å². The van der Waals surface area contributed by atoms with Crippen LogP contribution in [0.3, 0.4) is 0 Å². The highest BCUT2D eigenvalue weighted by atomic mass is 32.2. The van der Waals surface area contributed by atoms with E-state index >= 15 is 0 Å². The minimum absolute atomic E-state index is 0.853. The van der Waals surface area contributed by atoms with E-state index in [1.54, 1.807) is 11.3 Å². The Morgan fingerprint density at radius 1 is 1.35 bits per heavy atom. The van der Waals surface area contributed by atoms with Gasteiger partial charge in [0.1, 0.15) is 5.01 Å². The number of thioether (sulfide) groups is 1. The van der Waals surface area contributed by atoms with Crippen LogP contribution in [0.1, 0.15) is 16.3 Å². The van der Waals surface area contributed by atoms with Gasteiger partial charge in [0.25, 0.3) is 0 Å². The lowest BCUT2D eigenvalue weighted by Crippen LogP contribution is -2.05. The Morgan fingerprint density at radius 3 is 2.94 bits per heavy atom. The number of hydrogen-bond donors (Lipinski definition) is 1. The summed E-state index contributed by atoms with van der Waals surface area (Å²) in [5.41, 5.74) is 2.47. The highest BCUT2D eigenvalue weighted by Gasteiger charge is 2.03. The molecular weight excluding hydrogens is 248 g/mol. The Morgan fingerprint density at radius 2 is 2.18 bits per heavy atom. The molecule has 0 bridgehead atoms. The van der Waals surface area contributed by atoms with Crippen LogP contribution in [0, 0.1) is 6.92 Å². The van der Waals surface area contributed by atoms with Crippen LogP contribution in [-0.2, 0) is 12.3 Å². The van der Waals surface area contributed by atoms with Crippen molar-refractivity contribution in [2.75, 3.05) is 7.05 Å². The lowest BCUT2D eigenvalue weighted by molar-refractivity contribution is 0.794. The summed E-state index contributed by atoms with van der Waals surface area (Å²) in [6.07, 6.45) is 0. The zero-order chi connectivity index (χ0) is 12.1. The molecule has 0 saturated heterocycles. The van der Waals surface area contributed by atoms with Gasteiger partial charge in [0.05, 0.1) is 11.4 Å². The van der Waals surface area contributed by atoms with E-state index < -0.39 is 0 Å². The average Bonchev–Trinajstić information content (AvgIpc) is 2.76. The first kappa shape index (κ1) is 12.6. The molecule has 17 heavy (non-hydrogen) atoms. The third kappa shape index (κ3) is 3.56. The molecule has 2 rings (SSSR count). The molecule has 0 atom stereocenters. The van der Waals surface area contributed by atoms with E-state index in [1.807, 2.05) is 18.8 Å². The molecule has 4 heteroatoms. The number of benzene rings is 1. The summed E-state index contributed by atoms with van der Waals surface area (Å²) in [6, 6.07) is 8.48. The molecule has 1 N–H and O–H groups in total. The Hall–Kier alpha value is -0.840. The molecule has 1 heterocycles. The molecule has 0 fully saturated rings. The second-order valence-corrected chi connectivity index (χ2v) is 5.78. The normalized spacial score (nSPS) is 10.7. The fourth-order valence-corrected chi connectivity index (χ4v) is 3.38. The fraction of sp³-hybridized carbons (Fsp3) is 0.308. The third-order valence-corrected chi connectivity index (χ3v) is 4.67. The molecule has 0 aliphatic carbocycles. The summed E-state index contributed by atoms with van der Waals surface area (Å²) in [6.45, 7) is 3.00. The smallest absolute Gasteiger partial charge is 0.103 e. The van der Waals surface area contributed by atoms with E-state index in [4.69, 9.17) is 0 Å². The maximum absolute atomic E-state index is 4.58. The quantitative estimate of drug-likeness (QED) is 0.837. The first-order valence-corrected chi connectivity index (χ1v) is 7.42. The van der Waals surface area contributed by atoms with Gasteiger partial charge in [-0.1, -0.05) is 18.2 Å². The van der Waals surface area contributed by atoms with Crippen molar-refractivity contribution in [3.05, 3.63) is 45.9 Å². The first-order chi connectivity index (χ1) is 8.29. The highest BCUT2D eigenvalue weighted by Crippen LogP contribution is 2.26. The lowest BCUT2D eigenvalue weighted by atomic mass is 10.2. The predicted octanol–water partition coefficient (Wildman–Crippen LogP) is 3.46. The Kier molecular flexibility index (Phi) is 4.59. The van der Waals surface area contributed by atoms with Crippen LogP contribution in [0.25, 0.3) is 0 Å². The van der Waals surface area contributed by atoms with Gasteiger partial charge in [0, 0.05) is 16.8 Å². The highest BCUT2D eigenvalue weighted by molar-refractivity contribution is 7.98. The summed E-state index contributed by atoms with van der Waals surface area (Å²) in [5, 5.41) is 6.44. The van der Waals surface area contributed by atoms with E-state index in [9.17, 15) is 0 Å². The minimum Gasteiger partial charge on any atom is -0.314 e. The molecule has 0 amide bonds. The number of nitrogens with zero attached hydrogens (tertiary/aromatic N) is 1. The van der Waals surface area contributed by atoms with Crippen LogP contribution in [0.5, 0.6) is 0 Å². The zero-order valence-electron chi connectivity index (χ0n) is 10.1. The van der Waals surface area contributed by atoms with Crippen LogP contribution < -0.4 is 5.32 Å². The average molecular weight is 264 g/mol. The van der Waals surface area contributed by atoms with E-state index in [-0.39, 0.29) is 0 Å². The Balaban J connectivity index is 1.95. The molecule has 0 unspecified atom stereocenters. The number of aromatic nitrogens is 1. The number of hydrogen-bond acceptors (Lipinski definition) is 4. The van der Waals surface area contributed by atoms with E-state index in [2.05, 4.69) is 46.9 Å². The maximum atomic E-state index is 4.58. The maximum Gasteiger partial charge on any atom is 0.103 e. The second kappa shape index (κ2) is 6.19. The number of thiazole rings is 1. The van der Waals surface area contributed by atoms with E-state index in [0.717, 1.165) is 18.0 Å². The molecule has 0 spiro atoms. The minimum atomic E-state index is 0.853. The van der Waals surface area contributed by atoms with Crippen molar-refractivity contribution in [2.24, 2.45) is 0 Å². The third-order valence-electron chi connectivity index (χ3n) is 2.40. The fourth-order valence-electron chi connectivity index (χ4n) is 1.54. The summed E-state index contributed by atoms with van der Waals surface area (Å²) < 4.78 is 0. The van der Waals surface area contributed by atoms with E-state index in [0.29, 0.717) is 0 Å². The predicted molar refractivity (Wildman–Crippen MR) is 75.6 cm³/mol. The summed E-state index contributed by atoms with van der Waals surface area (Å²) in [5.74, 6) is 0.958. The molecule has 90 valence electrons. The molecule has 0 saturated carbocycles. The number of aryl methyl sites for hydroxylation is 1. The Labute approximate surface area is 110 Å². The molecule has 1 aromatic heterocycles. The van der Waals surface area contributed by atoms with Gasteiger partial charge in [-0.2, -0.15) is 0 Å². The summed E-state index contributed by atoms with van der Waals surface area (Å²) >= 11 is 3.60. The van der Waals surface area contributed by atoms with Crippen LogP contribution in [0.4, 0.5) is 0 Å². The van der Waals surface area contributed by atoms with Crippen molar-refractivity contribution in [3.8, 4) is 0 Å². The van der Waals surface area contributed by atoms with Crippen molar-refractivity contribution < 1.29 is 0 Å². The molecule has 0 aliphatic rings. The molecular formula is C13H16N2S2. The first-order valence-electron chi connectivity index (χ1n) is 5.56. The van der Waals surface area contributed by atoms with Crippen LogP contribution in [0.15, 0.2) is 34.5 Å². The van der Waals surface area contributed by atoms with Gasteiger partial charge >= 0.3 is 0 Å². The molecule has 2 nitrogen and oxygen atoms in total. The monoisotopic (exact) mass is 264 g/mol. The molecule has 1 aromatic carbocycles. The van der Waals surface area contributed by atoms with Gasteiger partial charge in [-0.15, -0.1) is 23.1 Å². The van der Waals surface area contributed by atoms with Gasteiger partial charge in [-0.3, -0.25) is 0 Å². The van der Waals surface area contributed by atoms with Gasteiger partial charge in [-0.05, 0) is 25.6 Å². The zero-order valence-corrected chi connectivity index (χ0v) is 11.7. The summed E-state index contributed by atoms with van der Waals surface area (Å²) in [4.78, 5) is 5.93. The van der Waals surface area contributed by atoms with E-state index in [1.165, 1.54) is 15.5 Å².